The predicted molar refractivity (Wildman–Crippen MR) is 93.9 cm³/mol. The minimum atomic E-state index is 0. The van der Waals surface area contributed by atoms with Crippen molar-refractivity contribution >= 4 is 51.3 Å². The third kappa shape index (κ3) is 3.99. The maximum absolute atomic E-state index is 12.1. The first-order chi connectivity index (χ1) is 9.72. The van der Waals surface area contributed by atoms with E-state index in [2.05, 4.69) is 32.6 Å². The van der Waals surface area contributed by atoms with E-state index < -0.39 is 0 Å². The van der Waals surface area contributed by atoms with Gasteiger partial charge in [-0.15, -0.1) is 23.7 Å². The lowest BCUT2D eigenvalue weighted by molar-refractivity contribution is 0.0954. The number of amides is 1. The summed E-state index contributed by atoms with van der Waals surface area (Å²) in [6, 6.07) is 9.99. The lowest BCUT2D eigenvalue weighted by Gasteiger charge is -2.06. The van der Waals surface area contributed by atoms with E-state index in [0.717, 1.165) is 34.4 Å². The summed E-state index contributed by atoms with van der Waals surface area (Å²) in [6.07, 6.45) is 1.87. The molecular weight excluding hydrogens is 372 g/mol. The predicted octanol–water partition coefficient (Wildman–Crippen LogP) is 3.87. The van der Waals surface area contributed by atoms with Crippen LogP contribution in [0.15, 0.2) is 34.1 Å². The number of carbonyl (C=O) groups is 1. The smallest absolute Gasteiger partial charge is 0.251 e. The Morgan fingerprint density at radius 2 is 2.19 bits per heavy atom. The zero-order chi connectivity index (χ0) is 13.9. The molecule has 2 heterocycles. The molecule has 0 unspecified atom stereocenters. The Morgan fingerprint density at radius 1 is 1.33 bits per heavy atom. The molecule has 0 spiro atoms. The monoisotopic (exact) mass is 386 g/mol. The molecule has 1 aliphatic heterocycles. The molecule has 112 valence electrons. The molecule has 1 aromatic carbocycles. The van der Waals surface area contributed by atoms with E-state index in [4.69, 9.17) is 0 Å². The molecule has 0 aliphatic carbocycles. The normalized spacial score (nSPS) is 12.2. The molecule has 0 bridgehead atoms. The fraction of sp³-hybridized carbons (Fsp3) is 0.267. The Bertz CT molecular complexity index is 644. The SMILES string of the molecule is Cl.O=C(NCCc1ccc(Br)s1)c1ccc2c(c1)CCN2. The fourth-order valence-electron chi connectivity index (χ4n) is 2.33. The van der Waals surface area contributed by atoms with Crippen molar-refractivity contribution in [1.82, 2.24) is 5.32 Å². The topological polar surface area (TPSA) is 41.1 Å². The number of fused-ring (bicyclic) bond motifs is 1. The summed E-state index contributed by atoms with van der Waals surface area (Å²) < 4.78 is 1.13. The van der Waals surface area contributed by atoms with Crippen LogP contribution in [-0.2, 0) is 12.8 Å². The van der Waals surface area contributed by atoms with Gasteiger partial charge < -0.3 is 10.6 Å². The summed E-state index contributed by atoms with van der Waals surface area (Å²) >= 11 is 5.15. The van der Waals surface area contributed by atoms with Crippen LogP contribution in [0.4, 0.5) is 5.69 Å². The van der Waals surface area contributed by atoms with Crippen LogP contribution in [0.3, 0.4) is 0 Å². The fourth-order valence-corrected chi connectivity index (χ4v) is 3.82. The number of benzene rings is 1. The minimum Gasteiger partial charge on any atom is -0.384 e. The van der Waals surface area contributed by atoms with E-state index in [1.807, 2.05) is 24.3 Å². The molecule has 21 heavy (non-hydrogen) atoms. The third-order valence-corrected chi connectivity index (χ3v) is 5.05. The summed E-state index contributed by atoms with van der Waals surface area (Å²) in [5.41, 5.74) is 3.14. The number of nitrogens with one attached hydrogen (secondary N) is 2. The minimum absolute atomic E-state index is 0. The van der Waals surface area contributed by atoms with Crippen molar-refractivity contribution < 1.29 is 4.79 Å². The summed E-state index contributed by atoms with van der Waals surface area (Å²) in [4.78, 5) is 13.4. The van der Waals surface area contributed by atoms with E-state index in [1.165, 1.54) is 10.4 Å². The molecule has 3 rings (SSSR count). The van der Waals surface area contributed by atoms with Gasteiger partial charge >= 0.3 is 0 Å². The molecule has 0 saturated heterocycles. The highest BCUT2D eigenvalue weighted by Gasteiger charge is 2.13. The van der Waals surface area contributed by atoms with Crippen molar-refractivity contribution in [2.75, 3.05) is 18.4 Å². The van der Waals surface area contributed by atoms with Crippen molar-refractivity contribution in [3.05, 3.63) is 50.1 Å². The van der Waals surface area contributed by atoms with Gasteiger partial charge in [-0.1, -0.05) is 0 Å². The molecule has 0 fully saturated rings. The average Bonchev–Trinajstić information content (AvgIpc) is 3.06. The van der Waals surface area contributed by atoms with Gasteiger partial charge in [0.1, 0.15) is 0 Å². The number of rotatable bonds is 4. The van der Waals surface area contributed by atoms with Crippen molar-refractivity contribution in [3.63, 3.8) is 0 Å². The Labute approximate surface area is 142 Å². The van der Waals surface area contributed by atoms with Crippen LogP contribution in [0.1, 0.15) is 20.8 Å². The van der Waals surface area contributed by atoms with Crippen LogP contribution in [-0.4, -0.2) is 19.0 Å². The summed E-state index contributed by atoms with van der Waals surface area (Å²) in [6.45, 7) is 1.63. The third-order valence-electron chi connectivity index (χ3n) is 3.36. The second-order valence-corrected chi connectivity index (χ2v) is 7.31. The molecule has 1 aromatic heterocycles. The van der Waals surface area contributed by atoms with Crippen molar-refractivity contribution in [2.45, 2.75) is 12.8 Å². The van der Waals surface area contributed by atoms with Crippen LogP contribution in [0, 0.1) is 0 Å². The van der Waals surface area contributed by atoms with E-state index in [0.29, 0.717) is 6.54 Å². The summed E-state index contributed by atoms with van der Waals surface area (Å²) in [5.74, 6) is 0.00956. The summed E-state index contributed by atoms with van der Waals surface area (Å²) in [7, 11) is 0. The van der Waals surface area contributed by atoms with Crippen LogP contribution >= 0.6 is 39.7 Å². The molecular formula is C15H16BrClN2OS. The molecule has 0 atom stereocenters. The molecule has 6 heteroatoms. The number of hydrogen-bond donors (Lipinski definition) is 2. The zero-order valence-corrected chi connectivity index (χ0v) is 14.5. The zero-order valence-electron chi connectivity index (χ0n) is 11.3. The molecule has 0 saturated carbocycles. The van der Waals surface area contributed by atoms with Gasteiger partial charge in [-0.2, -0.15) is 0 Å². The van der Waals surface area contributed by atoms with E-state index in [9.17, 15) is 4.79 Å². The van der Waals surface area contributed by atoms with Gasteiger partial charge in [-0.3, -0.25) is 4.79 Å². The van der Waals surface area contributed by atoms with Crippen LogP contribution in [0.5, 0.6) is 0 Å². The highest BCUT2D eigenvalue weighted by Crippen LogP contribution is 2.23. The molecule has 0 radical (unpaired) electrons. The van der Waals surface area contributed by atoms with Gasteiger partial charge in [0.15, 0.2) is 0 Å². The molecule has 1 aliphatic rings. The number of carbonyl (C=O) groups excluding carboxylic acids is 1. The first kappa shape index (κ1) is 16.3. The second kappa shape index (κ2) is 7.29. The Hall–Kier alpha value is -1.04. The number of hydrogen-bond acceptors (Lipinski definition) is 3. The number of anilines is 1. The van der Waals surface area contributed by atoms with E-state index in [1.54, 1.807) is 11.3 Å². The number of halogens is 2. The summed E-state index contributed by atoms with van der Waals surface area (Å²) in [5, 5.41) is 6.28. The highest BCUT2D eigenvalue weighted by atomic mass is 79.9. The first-order valence-electron chi connectivity index (χ1n) is 6.61. The highest BCUT2D eigenvalue weighted by molar-refractivity contribution is 9.11. The molecule has 2 N–H and O–H groups in total. The average molecular weight is 388 g/mol. The lowest BCUT2D eigenvalue weighted by atomic mass is 10.1. The Kier molecular flexibility index (Phi) is 5.67. The van der Waals surface area contributed by atoms with Gasteiger partial charge in [0.25, 0.3) is 5.91 Å². The maximum atomic E-state index is 12.1. The van der Waals surface area contributed by atoms with Gasteiger partial charge in [-0.25, -0.2) is 0 Å². The van der Waals surface area contributed by atoms with Gasteiger partial charge in [0, 0.05) is 29.2 Å². The van der Waals surface area contributed by atoms with Gasteiger partial charge in [0.05, 0.1) is 3.79 Å². The van der Waals surface area contributed by atoms with Crippen molar-refractivity contribution in [2.24, 2.45) is 0 Å². The molecule has 3 nitrogen and oxygen atoms in total. The van der Waals surface area contributed by atoms with Crippen molar-refractivity contribution in [3.8, 4) is 0 Å². The second-order valence-electron chi connectivity index (χ2n) is 4.76. The Balaban J connectivity index is 0.00000161. The van der Waals surface area contributed by atoms with E-state index in [-0.39, 0.29) is 18.3 Å². The van der Waals surface area contributed by atoms with Crippen LogP contribution in [0.2, 0.25) is 0 Å². The molecule has 1 amide bonds. The van der Waals surface area contributed by atoms with Crippen LogP contribution in [0.25, 0.3) is 0 Å². The van der Waals surface area contributed by atoms with E-state index >= 15 is 0 Å². The maximum Gasteiger partial charge on any atom is 0.251 e. The van der Waals surface area contributed by atoms with Gasteiger partial charge in [-0.05, 0) is 64.7 Å². The lowest BCUT2D eigenvalue weighted by Crippen LogP contribution is -2.25. The Morgan fingerprint density at radius 3 is 2.95 bits per heavy atom. The quantitative estimate of drug-likeness (QED) is 0.836. The standard InChI is InChI=1S/C15H15BrN2OS.ClH/c16-14-4-2-12(20-14)6-8-18-15(19)11-1-3-13-10(9-11)5-7-17-13;/h1-4,9,17H,5-8H2,(H,18,19);1H. The van der Waals surface area contributed by atoms with Gasteiger partial charge in [0.2, 0.25) is 0 Å². The number of thiophene rings is 1. The molecule has 2 aromatic rings. The van der Waals surface area contributed by atoms with Crippen molar-refractivity contribution in [1.29, 1.82) is 0 Å². The first-order valence-corrected chi connectivity index (χ1v) is 8.22. The van der Waals surface area contributed by atoms with Crippen LogP contribution < -0.4 is 10.6 Å². The largest absolute Gasteiger partial charge is 0.384 e.